The molecule has 1 aromatic heterocycles. The highest BCUT2D eigenvalue weighted by molar-refractivity contribution is 5.80. The normalized spacial score (nSPS) is 16.5. The van der Waals surface area contributed by atoms with Crippen LogP contribution in [0.1, 0.15) is 36.0 Å². The Morgan fingerprint density at radius 2 is 2.00 bits per heavy atom. The van der Waals surface area contributed by atoms with Crippen LogP contribution < -0.4 is 5.32 Å². The van der Waals surface area contributed by atoms with E-state index in [2.05, 4.69) is 15.5 Å². The Labute approximate surface area is 163 Å². The van der Waals surface area contributed by atoms with E-state index in [1.807, 2.05) is 37.4 Å². The molecule has 2 aliphatic rings. The van der Waals surface area contributed by atoms with Gasteiger partial charge < -0.3 is 19.6 Å². The molecule has 2 aromatic rings. The van der Waals surface area contributed by atoms with E-state index in [-0.39, 0.29) is 23.8 Å². The number of urea groups is 1. The van der Waals surface area contributed by atoms with Crippen molar-refractivity contribution in [1.82, 2.24) is 25.3 Å². The first-order valence-electron chi connectivity index (χ1n) is 9.74. The number of hydrogen-bond acceptors (Lipinski definition) is 5. The van der Waals surface area contributed by atoms with Gasteiger partial charge in [-0.15, -0.1) is 0 Å². The van der Waals surface area contributed by atoms with Crippen LogP contribution in [0.15, 0.2) is 34.9 Å². The summed E-state index contributed by atoms with van der Waals surface area (Å²) in [6, 6.07) is 9.73. The molecule has 0 spiro atoms. The van der Waals surface area contributed by atoms with Gasteiger partial charge >= 0.3 is 6.03 Å². The zero-order valence-corrected chi connectivity index (χ0v) is 16.0. The summed E-state index contributed by atoms with van der Waals surface area (Å²) in [6.45, 7) is 2.25. The number of nitrogens with zero attached hydrogens (tertiary/aromatic N) is 4. The summed E-state index contributed by atoms with van der Waals surface area (Å²) in [5.74, 6) is 1.69. The fraction of sp³-hybridized carbons (Fsp3) is 0.500. The molecule has 0 atom stereocenters. The van der Waals surface area contributed by atoms with Crippen LogP contribution in [0.2, 0.25) is 0 Å². The molecule has 148 valence electrons. The number of nitrogens with one attached hydrogen (secondary N) is 1. The maximum Gasteiger partial charge on any atom is 0.317 e. The Balaban J connectivity index is 1.19. The van der Waals surface area contributed by atoms with Gasteiger partial charge in [-0.1, -0.05) is 35.5 Å². The van der Waals surface area contributed by atoms with Crippen molar-refractivity contribution in [2.24, 2.45) is 5.92 Å². The molecule has 28 heavy (non-hydrogen) atoms. The molecule has 1 saturated carbocycles. The summed E-state index contributed by atoms with van der Waals surface area (Å²) in [5, 5.41) is 6.93. The minimum Gasteiger partial charge on any atom is -0.345 e. The van der Waals surface area contributed by atoms with Crippen LogP contribution in [0, 0.1) is 5.92 Å². The number of carbonyl (C=O) groups is 2. The zero-order valence-electron chi connectivity index (χ0n) is 16.0. The summed E-state index contributed by atoms with van der Waals surface area (Å²) in [5.41, 5.74) is 1.07. The summed E-state index contributed by atoms with van der Waals surface area (Å²) in [6.07, 6.45) is 2.59. The predicted octanol–water partition coefficient (Wildman–Crippen LogP) is 1.79. The zero-order chi connectivity index (χ0) is 19.5. The van der Waals surface area contributed by atoms with Gasteiger partial charge in [-0.25, -0.2) is 4.79 Å². The fourth-order valence-corrected chi connectivity index (χ4v) is 3.24. The smallest absolute Gasteiger partial charge is 0.317 e. The molecular weight excluding hydrogens is 358 g/mol. The first kappa shape index (κ1) is 18.5. The van der Waals surface area contributed by atoms with Crippen molar-refractivity contribution in [2.75, 3.05) is 26.7 Å². The quantitative estimate of drug-likeness (QED) is 0.787. The van der Waals surface area contributed by atoms with Crippen LogP contribution >= 0.6 is 0 Å². The predicted molar refractivity (Wildman–Crippen MR) is 101 cm³/mol. The Kier molecular flexibility index (Phi) is 5.27. The van der Waals surface area contributed by atoms with Crippen LogP contribution in [-0.4, -0.2) is 58.6 Å². The molecule has 1 aliphatic heterocycles. The van der Waals surface area contributed by atoms with Gasteiger partial charge in [0, 0.05) is 45.6 Å². The molecule has 2 fully saturated rings. The Morgan fingerprint density at radius 3 is 2.71 bits per heavy atom. The minimum absolute atomic E-state index is 0.0783. The highest BCUT2D eigenvalue weighted by atomic mass is 16.5. The second-order valence-corrected chi connectivity index (χ2v) is 7.58. The first-order valence-corrected chi connectivity index (χ1v) is 9.74. The summed E-state index contributed by atoms with van der Waals surface area (Å²) in [4.78, 5) is 32.1. The highest BCUT2D eigenvalue weighted by Crippen LogP contribution is 2.30. The number of hydrogen-bond donors (Lipinski definition) is 1. The number of rotatable bonds is 7. The lowest BCUT2D eigenvalue weighted by molar-refractivity contribution is -0.131. The van der Waals surface area contributed by atoms with Crippen LogP contribution in [0.3, 0.4) is 0 Å². The molecule has 0 radical (unpaired) electrons. The van der Waals surface area contributed by atoms with Crippen LogP contribution in [0.5, 0.6) is 0 Å². The van der Waals surface area contributed by atoms with E-state index >= 15 is 0 Å². The Hall–Kier alpha value is -2.90. The summed E-state index contributed by atoms with van der Waals surface area (Å²) in [7, 11) is 1.82. The molecular formula is C20H25N5O3. The average molecular weight is 383 g/mol. The average Bonchev–Trinajstić information content (AvgIpc) is 3.43. The molecule has 1 aliphatic carbocycles. The van der Waals surface area contributed by atoms with E-state index in [9.17, 15) is 9.59 Å². The monoisotopic (exact) mass is 383 g/mol. The molecule has 1 saturated heterocycles. The third-order valence-corrected chi connectivity index (χ3v) is 5.26. The van der Waals surface area contributed by atoms with E-state index in [0.717, 1.165) is 18.4 Å². The van der Waals surface area contributed by atoms with Crippen molar-refractivity contribution in [3.05, 3.63) is 47.6 Å². The van der Waals surface area contributed by atoms with E-state index in [1.165, 1.54) is 0 Å². The number of benzene rings is 1. The number of likely N-dealkylation sites (tertiary alicyclic amines) is 1. The van der Waals surface area contributed by atoms with E-state index in [0.29, 0.717) is 44.3 Å². The first-order chi connectivity index (χ1) is 13.6. The second-order valence-electron chi connectivity index (χ2n) is 7.58. The van der Waals surface area contributed by atoms with Gasteiger partial charge in [0.25, 0.3) is 0 Å². The maximum atomic E-state index is 12.2. The molecule has 1 aromatic carbocycles. The van der Waals surface area contributed by atoms with E-state index in [4.69, 9.17) is 4.52 Å². The maximum absolute atomic E-state index is 12.2. The standard InChI is InChI=1S/C20H25N5O3/c1-24(19(26)15-7-8-15)10-9-17-22-18(28-23-17)16-12-25(13-16)20(27)21-11-14-5-3-2-4-6-14/h2-6,15-16H,7-13H2,1H3,(H,21,27). The third kappa shape index (κ3) is 4.32. The molecule has 4 rings (SSSR count). The number of carbonyl (C=O) groups excluding carboxylic acids is 2. The molecule has 0 unspecified atom stereocenters. The summed E-state index contributed by atoms with van der Waals surface area (Å²) < 4.78 is 5.36. The highest BCUT2D eigenvalue weighted by Gasteiger charge is 2.36. The van der Waals surface area contributed by atoms with E-state index < -0.39 is 0 Å². The van der Waals surface area contributed by atoms with E-state index in [1.54, 1.807) is 9.80 Å². The van der Waals surface area contributed by atoms with Crippen molar-refractivity contribution in [3.8, 4) is 0 Å². The second kappa shape index (κ2) is 8.00. The van der Waals surface area contributed by atoms with Crippen LogP contribution in [0.4, 0.5) is 4.79 Å². The van der Waals surface area contributed by atoms with Crippen molar-refractivity contribution in [2.45, 2.75) is 31.7 Å². The van der Waals surface area contributed by atoms with Gasteiger partial charge in [-0.05, 0) is 18.4 Å². The molecule has 8 heteroatoms. The van der Waals surface area contributed by atoms with Crippen molar-refractivity contribution < 1.29 is 14.1 Å². The van der Waals surface area contributed by atoms with Gasteiger partial charge in [0.15, 0.2) is 5.82 Å². The van der Waals surface area contributed by atoms with Gasteiger partial charge in [-0.2, -0.15) is 4.98 Å². The lowest BCUT2D eigenvalue weighted by Crippen LogP contribution is -2.52. The fourth-order valence-electron chi connectivity index (χ4n) is 3.24. The number of amides is 3. The van der Waals surface area contributed by atoms with Crippen LogP contribution in [-0.2, 0) is 17.8 Å². The van der Waals surface area contributed by atoms with Crippen LogP contribution in [0.25, 0.3) is 0 Å². The Morgan fingerprint density at radius 1 is 1.25 bits per heavy atom. The molecule has 3 amide bonds. The van der Waals surface area contributed by atoms with Gasteiger partial charge in [-0.3, -0.25) is 4.79 Å². The topological polar surface area (TPSA) is 91.6 Å². The van der Waals surface area contributed by atoms with Gasteiger partial charge in [0.2, 0.25) is 11.8 Å². The SMILES string of the molecule is CN(CCc1noc(C2CN(C(=O)NCc3ccccc3)C2)n1)C(=O)C1CC1. The van der Waals surface area contributed by atoms with Crippen molar-refractivity contribution in [1.29, 1.82) is 0 Å². The largest absolute Gasteiger partial charge is 0.345 e. The van der Waals surface area contributed by atoms with Gasteiger partial charge in [0.05, 0.1) is 5.92 Å². The molecule has 0 bridgehead atoms. The summed E-state index contributed by atoms with van der Waals surface area (Å²) >= 11 is 0. The van der Waals surface area contributed by atoms with Gasteiger partial charge in [0.1, 0.15) is 0 Å². The van der Waals surface area contributed by atoms with Crippen molar-refractivity contribution in [3.63, 3.8) is 0 Å². The number of aromatic nitrogens is 2. The van der Waals surface area contributed by atoms with Crippen molar-refractivity contribution >= 4 is 11.9 Å². The lowest BCUT2D eigenvalue weighted by atomic mass is 10.0. The molecule has 8 nitrogen and oxygen atoms in total. The lowest BCUT2D eigenvalue weighted by Gasteiger charge is -2.36. The molecule has 1 N–H and O–H groups in total. The third-order valence-electron chi connectivity index (χ3n) is 5.26. The minimum atomic E-state index is -0.0833. The Bertz CT molecular complexity index is 827. The number of likely N-dealkylation sites (N-methyl/N-ethyl adjacent to an activating group) is 1. The molecule has 2 heterocycles.